The SMILES string of the molecule is CC1CCC(OCCCCC(C)(C)C(N)=NO)CC1. The second-order valence-electron chi connectivity index (χ2n) is 6.58. The first-order valence-electron chi connectivity index (χ1n) is 7.55. The Balaban J connectivity index is 2.08. The topological polar surface area (TPSA) is 67.8 Å². The number of unbranched alkanes of at least 4 members (excludes halogenated alkanes) is 1. The Labute approximate surface area is 117 Å². The van der Waals surface area contributed by atoms with Gasteiger partial charge in [0.15, 0.2) is 0 Å². The van der Waals surface area contributed by atoms with Gasteiger partial charge in [0.05, 0.1) is 6.10 Å². The van der Waals surface area contributed by atoms with Crippen molar-refractivity contribution in [3.63, 3.8) is 0 Å². The van der Waals surface area contributed by atoms with Gasteiger partial charge in [0.1, 0.15) is 5.84 Å². The van der Waals surface area contributed by atoms with Crippen LogP contribution in [0.2, 0.25) is 0 Å². The Kier molecular flexibility index (Phi) is 6.63. The standard InChI is InChI=1S/C15H30N2O2/c1-12-6-8-13(9-7-12)19-11-5-4-10-15(2,3)14(16)17-18/h12-13,18H,4-11H2,1-3H3,(H2,16,17). The maximum Gasteiger partial charge on any atom is 0.144 e. The molecular weight excluding hydrogens is 240 g/mol. The summed E-state index contributed by atoms with van der Waals surface area (Å²) in [5.74, 6) is 1.19. The molecule has 1 aliphatic carbocycles. The lowest BCUT2D eigenvalue weighted by atomic mass is 9.86. The molecule has 112 valence electrons. The van der Waals surface area contributed by atoms with E-state index in [1.165, 1.54) is 25.7 Å². The zero-order chi connectivity index (χ0) is 14.3. The van der Waals surface area contributed by atoms with Crippen LogP contribution in [0.15, 0.2) is 5.16 Å². The van der Waals surface area contributed by atoms with Crippen molar-refractivity contribution in [2.75, 3.05) is 6.61 Å². The molecule has 0 unspecified atom stereocenters. The highest BCUT2D eigenvalue weighted by Gasteiger charge is 2.23. The fourth-order valence-electron chi connectivity index (χ4n) is 2.58. The molecule has 0 saturated heterocycles. The van der Waals surface area contributed by atoms with E-state index in [-0.39, 0.29) is 5.41 Å². The molecule has 1 aliphatic rings. The minimum absolute atomic E-state index is 0.227. The molecule has 3 N–H and O–H groups in total. The normalized spacial score (nSPS) is 25.5. The lowest BCUT2D eigenvalue weighted by molar-refractivity contribution is 0.0174. The Hall–Kier alpha value is -0.770. The molecule has 1 fully saturated rings. The summed E-state index contributed by atoms with van der Waals surface area (Å²) in [6.07, 6.45) is 8.55. The molecule has 1 rings (SSSR count). The smallest absolute Gasteiger partial charge is 0.144 e. The average molecular weight is 270 g/mol. The number of hydrogen-bond acceptors (Lipinski definition) is 3. The van der Waals surface area contributed by atoms with E-state index >= 15 is 0 Å². The van der Waals surface area contributed by atoms with E-state index in [4.69, 9.17) is 15.7 Å². The van der Waals surface area contributed by atoms with Gasteiger partial charge in [-0.05, 0) is 44.4 Å². The maximum atomic E-state index is 8.70. The highest BCUT2D eigenvalue weighted by Crippen LogP contribution is 2.26. The van der Waals surface area contributed by atoms with Crippen molar-refractivity contribution in [3.05, 3.63) is 0 Å². The van der Waals surface area contributed by atoms with E-state index in [0.717, 1.165) is 31.8 Å². The molecule has 0 atom stereocenters. The Morgan fingerprint density at radius 1 is 1.26 bits per heavy atom. The largest absolute Gasteiger partial charge is 0.409 e. The Morgan fingerprint density at radius 2 is 1.89 bits per heavy atom. The molecule has 0 bridgehead atoms. The van der Waals surface area contributed by atoms with Crippen molar-refractivity contribution in [2.24, 2.45) is 22.2 Å². The van der Waals surface area contributed by atoms with Gasteiger partial charge in [0.2, 0.25) is 0 Å². The third kappa shape index (κ3) is 5.81. The molecule has 0 aliphatic heterocycles. The average Bonchev–Trinajstić information content (AvgIpc) is 2.39. The molecule has 0 aromatic carbocycles. The number of amidine groups is 1. The van der Waals surface area contributed by atoms with Crippen LogP contribution >= 0.6 is 0 Å². The molecule has 0 aromatic rings. The first kappa shape index (κ1) is 16.3. The summed E-state index contributed by atoms with van der Waals surface area (Å²) in [7, 11) is 0. The van der Waals surface area contributed by atoms with Crippen LogP contribution in [0, 0.1) is 11.3 Å². The number of ether oxygens (including phenoxy) is 1. The Morgan fingerprint density at radius 3 is 2.47 bits per heavy atom. The second kappa shape index (κ2) is 7.73. The predicted molar refractivity (Wildman–Crippen MR) is 78.4 cm³/mol. The van der Waals surface area contributed by atoms with Gasteiger partial charge in [-0.15, -0.1) is 0 Å². The van der Waals surface area contributed by atoms with Crippen LogP contribution in [-0.2, 0) is 4.74 Å². The summed E-state index contributed by atoms with van der Waals surface area (Å²) in [6, 6.07) is 0. The molecule has 0 spiro atoms. The highest BCUT2D eigenvalue weighted by molar-refractivity contribution is 5.85. The first-order valence-corrected chi connectivity index (χ1v) is 7.55. The first-order chi connectivity index (χ1) is 8.95. The maximum absolute atomic E-state index is 8.70. The minimum Gasteiger partial charge on any atom is -0.409 e. The van der Waals surface area contributed by atoms with Gasteiger partial charge in [-0.3, -0.25) is 0 Å². The monoisotopic (exact) mass is 270 g/mol. The molecule has 0 aromatic heterocycles. The number of oxime groups is 1. The molecule has 4 nitrogen and oxygen atoms in total. The number of nitrogens with two attached hydrogens (primary N) is 1. The third-order valence-corrected chi connectivity index (χ3v) is 4.31. The molecular formula is C15H30N2O2. The van der Waals surface area contributed by atoms with Crippen molar-refractivity contribution in [1.29, 1.82) is 0 Å². The van der Waals surface area contributed by atoms with Crippen molar-refractivity contribution in [3.8, 4) is 0 Å². The lowest BCUT2D eigenvalue weighted by Gasteiger charge is -2.26. The van der Waals surface area contributed by atoms with Gasteiger partial charge < -0.3 is 15.7 Å². The number of nitrogens with zero attached hydrogens (tertiary/aromatic N) is 1. The summed E-state index contributed by atoms with van der Waals surface area (Å²) < 4.78 is 5.92. The van der Waals surface area contributed by atoms with Crippen LogP contribution in [0.1, 0.15) is 65.7 Å². The van der Waals surface area contributed by atoms with Crippen LogP contribution in [0.4, 0.5) is 0 Å². The summed E-state index contributed by atoms with van der Waals surface area (Å²) in [6.45, 7) is 7.17. The van der Waals surface area contributed by atoms with Crippen molar-refractivity contribution in [2.45, 2.75) is 71.8 Å². The number of hydrogen-bond donors (Lipinski definition) is 2. The molecule has 19 heavy (non-hydrogen) atoms. The molecule has 0 amide bonds. The van der Waals surface area contributed by atoms with Gasteiger partial charge in [-0.25, -0.2) is 0 Å². The quantitative estimate of drug-likeness (QED) is 0.244. The van der Waals surface area contributed by atoms with Crippen LogP contribution in [0.25, 0.3) is 0 Å². The third-order valence-electron chi connectivity index (χ3n) is 4.31. The predicted octanol–water partition coefficient (Wildman–Crippen LogP) is 3.52. The van der Waals surface area contributed by atoms with E-state index in [9.17, 15) is 0 Å². The lowest BCUT2D eigenvalue weighted by Crippen LogP contribution is -2.31. The fraction of sp³-hybridized carbons (Fsp3) is 0.933. The van der Waals surface area contributed by atoms with Crippen molar-refractivity contribution in [1.82, 2.24) is 0 Å². The molecule has 0 heterocycles. The second-order valence-corrected chi connectivity index (χ2v) is 6.58. The molecule has 1 saturated carbocycles. The number of rotatable bonds is 7. The van der Waals surface area contributed by atoms with E-state index in [1.807, 2.05) is 13.8 Å². The van der Waals surface area contributed by atoms with Crippen LogP contribution in [-0.4, -0.2) is 23.8 Å². The molecule has 4 heteroatoms. The molecule has 0 radical (unpaired) electrons. The Bertz CT molecular complexity index is 282. The van der Waals surface area contributed by atoms with E-state index in [2.05, 4.69) is 12.1 Å². The van der Waals surface area contributed by atoms with Gasteiger partial charge >= 0.3 is 0 Å². The summed E-state index contributed by atoms with van der Waals surface area (Å²) >= 11 is 0. The summed E-state index contributed by atoms with van der Waals surface area (Å²) in [5.41, 5.74) is 5.44. The van der Waals surface area contributed by atoms with E-state index in [1.54, 1.807) is 0 Å². The minimum atomic E-state index is -0.227. The fourth-order valence-corrected chi connectivity index (χ4v) is 2.58. The van der Waals surface area contributed by atoms with E-state index in [0.29, 0.717) is 11.9 Å². The van der Waals surface area contributed by atoms with E-state index < -0.39 is 0 Å². The van der Waals surface area contributed by atoms with Gasteiger partial charge in [0, 0.05) is 12.0 Å². The van der Waals surface area contributed by atoms with Gasteiger partial charge in [0.25, 0.3) is 0 Å². The zero-order valence-corrected chi connectivity index (χ0v) is 12.7. The van der Waals surface area contributed by atoms with Gasteiger partial charge in [-0.2, -0.15) is 0 Å². The van der Waals surface area contributed by atoms with Gasteiger partial charge in [-0.1, -0.05) is 32.3 Å². The zero-order valence-electron chi connectivity index (χ0n) is 12.7. The summed E-state index contributed by atoms with van der Waals surface area (Å²) in [5, 5.41) is 11.8. The summed E-state index contributed by atoms with van der Waals surface area (Å²) in [4.78, 5) is 0. The van der Waals surface area contributed by atoms with Crippen LogP contribution < -0.4 is 5.73 Å². The highest BCUT2D eigenvalue weighted by atomic mass is 16.5. The van der Waals surface area contributed by atoms with Crippen molar-refractivity contribution >= 4 is 5.84 Å². The van der Waals surface area contributed by atoms with Crippen LogP contribution in [0.5, 0.6) is 0 Å². The van der Waals surface area contributed by atoms with Crippen molar-refractivity contribution < 1.29 is 9.94 Å². The van der Waals surface area contributed by atoms with Crippen LogP contribution in [0.3, 0.4) is 0 Å².